The molecule has 2 heterocycles. The van der Waals surface area contributed by atoms with Crippen LogP contribution in [0.15, 0.2) is 47.9 Å². The van der Waals surface area contributed by atoms with E-state index in [0.717, 1.165) is 31.6 Å². The number of fused-ring (bicyclic) bond motifs is 1. The number of thiocarbonyl (C=S) groups is 1. The van der Waals surface area contributed by atoms with Gasteiger partial charge in [0.15, 0.2) is 5.75 Å². The molecule has 1 aromatic rings. The zero-order valence-electron chi connectivity index (χ0n) is 20.8. The lowest BCUT2D eigenvalue weighted by atomic mass is 10.2. The average Bonchev–Trinajstić information content (AvgIpc) is 3.49. The summed E-state index contributed by atoms with van der Waals surface area (Å²) in [5, 5.41) is 9.49. The molecule has 2 aliphatic heterocycles. The summed E-state index contributed by atoms with van der Waals surface area (Å²) < 4.78 is 36.9. The first-order chi connectivity index (χ1) is 16.7. The maximum absolute atomic E-state index is 11.0. The fourth-order valence-corrected chi connectivity index (χ4v) is 4.68. The smallest absolute Gasteiger partial charge is 0.264 e. The zero-order valence-corrected chi connectivity index (χ0v) is 22.4. The molecule has 0 saturated carbocycles. The Labute approximate surface area is 215 Å². The van der Waals surface area contributed by atoms with Gasteiger partial charge in [-0.15, -0.1) is 0 Å². The van der Waals surface area contributed by atoms with Crippen LogP contribution in [0, 0.1) is 11.3 Å². The fourth-order valence-electron chi connectivity index (χ4n) is 3.89. The molecule has 0 amide bonds. The normalized spacial score (nSPS) is 16.6. The van der Waals surface area contributed by atoms with Crippen molar-refractivity contribution in [2.24, 2.45) is 0 Å². The third-order valence-electron chi connectivity index (χ3n) is 5.90. The molecule has 192 valence electrons. The maximum Gasteiger partial charge on any atom is 0.264 e. The van der Waals surface area contributed by atoms with Gasteiger partial charge in [0.25, 0.3) is 10.1 Å². The van der Waals surface area contributed by atoms with Gasteiger partial charge in [-0.25, -0.2) is 0 Å². The van der Waals surface area contributed by atoms with Crippen molar-refractivity contribution < 1.29 is 17.7 Å². The number of hydrogen-bond acceptors (Lipinski definition) is 7. The molecule has 2 aliphatic rings. The van der Waals surface area contributed by atoms with Gasteiger partial charge < -0.3 is 19.4 Å². The number of benzene rings is 1. The minimum atomic E-state index is -4.03. The summed E-state index contributed by atoms with van der Waals surface area (Å²) in [4.78, 5) is 6.76. The lowest BCUT2D eigenvalue weighted by Gasteiger charge is -2.18. The number of likely N-dealkylation sites (tertiary alicyclic amines) is 1. The van der Waals surface area contributed by atoms with E-state index in [1.54, 1.807) is 12.2 Å². The molecular formula is C25H36N4O4S2. The Morgan fingerprint density at radius 3 is 2.37 bits per heavy atom. The fraction of sp³-hybridized carbons (Fsp3) is 0.520. The van der Waals surface area contributed by atoms with Crippen LogP contribution in [0.2, 0.25) is 0 Å². The van der Waals surface area contributed by atoms with E-state index in [9.17, 15) is 13.7 Å². The number of nitrogens with zero attached hydrogens (tertiary/aromatic N) is 4. The van der Waals surface area contributed by atoms with Crippen molar-refractivity contribution in [2.75, 3.05) is 49.9 Å². The van der Waals surface area contributed by atoms with E-state index in [1.807, 2.05) is 34.1 Å². The summed E-state index contributed by atoms with van der Waals surface area (Å²) in [5.74, 6) is 0.792. The monoisotopic (exact) mass is 520 g/mol. The first kappa shape index (κ1) is 28.8. The molecule has 1 aromatic carbocycles. The van der Waals surface area contributed by atoms with Gasteiger partial charge in [-0.1, -0.05) is 45.1 Å². The van der Waals surface area contributed by atoms with E-state index in [0.29, 0.717) is 28.7 Å². The second kappa shape index (κ2) is 14.2. The van der Waals surface area contributed by atoms with Gasteiger partial charge in [0, 0.05) is 25.7 Å². The van der Waals surface area contributed by atoms with E-state index in [2.05, 4.69) is 31.7 Å². The van der Waals surface area contributed by atoms with E-state index < -0.39 is 10.1 Å². The summed E-state index contributed by atoms with van der Waals surface area (Å²) in [6.07, 6.45) is 5.68. The summed E-state index contributed by atoms with van der Waals surface area (Å²) in [6, 6.07) is 9.54. The highest BCUT2D eigenvalue weighted by molar-refractivity contribution is 7.85. The molecule has 35 heavy (non-hydrogen) atoms. The average molecular weight is 521 g/mol. The van der Waals surface area contributed by atoms with Crippen molar-refractivity contribution >= 4 is 33.0 Å². The van der Waals surface area contributed by atoms with Crippen molar-refractivity contribution in [1.29, 1.82) is 5.26 Å². The molecule has 0 bridgehead atoms. The molecule has 0 aromatic heterocycles. The minimum Gasteiger partial charge on any atom is -0.439 e. The number of allylic oxidation sites excluding steroid dienone is 2. The molecule has 1 N–H and O–H groups in total. The van der Waals surface area contributed by atoms with E-state index in [-0.39, 0.29) is 12.2 Å². The first-order valence-corrected chi connectivity index (χ1v) is 14.1. The van der Waals surface area contributed by atoms with Crippen LogP contribution in [-0.2, 0) is 10.1 Å². The number of rotatable bonds is 9. The van der Waals surface area contributed by atoms with Crippen molar-refractivity contribution in [3.8, 4) is 11.8 Å². The minimum absolute atomic E-state index is 0.231. The Morgan fingerprint density at radius 1 is 1.20 bits per heavy atom. The summed E-state index contributed by atoms with van der Waals surface area (Å²) in [5.41, 5.74) is 1.19. The van der Waals surface area contributed by atoms with E-state index in [4.69, 9.17) is 21.5 Å². The summed E-state index contributed by atoms with van der Waals surface area (Å²) >= 11 is 5.44. The second-order valence-corrected chi connectivity index (χ2v) is 10.1. The van der Waals surface area contributed by atoms with Gasteiger partial charge >= 0.3 is 0 Å². The molecule has 8 nitrogen and oxygen atoms in total. The van der Waals surface area contributed by atoms with Crippen LogP contribution in [0.3, 0.4) is 0 Å². The molecule has 0 atom stereocenters. The van der Waals surface area contributed by atoms with E-state index >= 15 is 0 Å². The molecule has 10 heteroatoms. The third kappa shape index (κ3) is 8.93. The van der Waals surface area contributed by atoms with Gasteiger partial charge in [0.05, 0.1) is 17.0 Å². The standard InChI is InChI=1S/C19H21N3O4S2.C6H15N/c20-14-15(19(27)21-10-3-4-11-21)8-9-18-22(12-5-13-28(23,24)25)16-6-1-2-7-17(16)26-18;1-4-7(5-2)6-3/h1-2,6-9H,3-5,10-13H2,(H,23,24,25);4-6H2,1-3H3. The highest BCUT2D eigenvalue weighted by Crippen LogP contribution is 2.38. The SMILES string of the molecule is CCN(CC)CC.N#CC(=CC=C1Oc2ccccc2N1CCCS(=O)(=O)O)C(=S)N1CCCC1. The van der Waals surface area contributed by atoms with Crippen LogP contribution in [0.4, 0.5) is 5.69 Å². The molecule has 3 rings (SSSR count). The molecule has 0 radical (unpaired) electrons. The Kier molecular flexibility index (Phi) is 11.7. The molecule has 0 aliphatic carbocycles. The largest absolute Gasteiger partial charge is 0.439 e. The van der Waals surface area contributed by atoms with E-state index in [1.165, 1.54) is 19.6 Å². The molecule has 0 unspecified atom stereocenters. The molecule has 0 spiro atoms. The van der Waals surface area contributed by atoms with Gasteiger partial charge in [0.1, 0.15) is 11.1 Å². The van der Waals surface area contributed by atoms with Gasteiger partial charge in [-0.05, 0) is 57.1 Å². The predicted molar refractivity (Wildman–Crippen MR) is 144 cm³/mol. The van der Waals surface area contributed by atoms with Crippen molar-refractivity contribution in [2.45, 2.75) is 40.0 Å². The Bertz CT molecular complexity index is 1050. The van der Waals surface area contributed by atoms with Crippen LogP contribution >= 0.6 is 12.2 Å². The lowest BCUT2D eigenvalue weighted by Crippen LogP contribution is -2.27. The van der Waals surface area contributed by atoms with Crippen LogP contribution in [0.1, 0.15) is 40.0 Å². The molecular weight excluding hydrogens is 484 g/mol. The maximum atomic E-state index is 11.0. The summed E-state index contributed by atoms with van der Waals surface area (Å²) in [7, 11) is -4.03. The zero-order chi connectivity index (χ0) is 25.8. The number of para-hydroxylation sites is 2. The predicted octanol–water partition coefficient (Wildman–Crippen LogP) is 4.23. The highest BCUT2D eigenvalue weighted by Gasteiger charge is 2.26. The Hall–Kier alpha value is -2.45. The molecule has 1 fully saturated rings. The summed E-state index contributed by atoms with van der Waals surface area (Å²) in [6.45, 7) is 12.2. The van der Waals surface area contributed by atoms with Gasteiger partial charge in [-0.3, -0.25) is 4.55 Å². The number of nitriles is 1. The topological polar surface area (TPSA) is 97.1 Å². The first-order valence-electron chi connectivity index (χ1n) is 12.1. The van der Waals surface area contributed by atoms with Crippen molar-refractivity contribution in [3.63, 3.8) is 0 Å². The second-order valence-electron chi connectivity index (χ2n) is 8.18. The highest BCUT2D eigenvalue weighted by atomic mass is 32.2. The Balaban J connectivity index is 0.000000540. The van der Waals surface area contributed by atoms with Crippen LogP contribution in [0.25, 0.3) is 0 Å². The number of ether oxygens (including phenoxy) is 1. The van der Waals surface area contributed by atoms with Gasteiger partial charge in [-0.2, -0.15) is 13.7 Å². The quantitative estimate of drug-likeness (QED) is 0.222. The molecule has 1 saturated heterocycles. The van der Waals surface area contributed by atoms with Gasteiger partial charge in [0.2, 0.25) is 5.88 Å². The van der Waals surface area contributed by atoms with Crippen LogP contribution in [0.5, 0.6) is 5.75 Å². The Morgan fingerprint density at radius 2 is 1.83 bits per heavy atom. The lowest BCUT2D eigenvalue weighted by molar-refractivity contribution is 0.321. The third-order valence-corrected chi connectivity index (χ3v) is 7.18. The van der Waals surface area contributed by atoms with Crippen molar-refractivity contribution in [1.82, 2.24) is 9.80 Å². The van der Waals surface area contributed by atoms with Crippen LogP contribution < -0.4 is 9.64 Å². The van der Waals surface area contributed by atoms with Crippen LogP contribution in [-0.4, -0.2) is 72.8 Å². The van der Waals surface area contributed by atoms with Crippen molar-refractivity contribution in [3.05, 3.63) is 47.9 Å². The number of hydrogen-bond donors (Lipinski definition) is 1. The number of anilines is 1.